The number of nitrogens with one attached hydrogen (secondary N) is 2. The highest BCUT2D eigenvalue weighted by atomic mass is 32.2. The topological polar surface area (TPSA) is 80.0 Å². The van der Waals surface area contributed by atoms with Gasteiger partial charge in [-0.25, -0.2) is 18.1 Å². The van der Waals surface area contributed by atoms with Crippen LogP contribution in [0.25, 0.3) is 0 Å². The van der Waals surface area contributed by atoms with E-state index in [1.165, 1.54) is 6.20 Å². The van der Waals surface area contributed by atoms with Gasteiger partial charge in [-0.3, -0.25) is 0 Å². The molecule has 0 aromatic carbocycles. The number of ether oxygens (including phenoxy) is 1. The smallest absolute Gasteiger partial charge is 0.230 e. The predicted octanol–water partition coefficient (Wildman–Crippen LogP) is 3.22. The van der Waals surface area contributed by atoms with E-state index in [0.29, 0.717) is 23.9 Å². The van der Waals surface area contributed by atoms with Gasteiger partial charge in [-0.2, -0.15) is 5.10 Å². The third kappa shape index (κ3) is 3.23. The van der Waals surface area contributed by atoms with Gasteiger partial charge in [0.15, 0.2) is 0 Å². The summed E-state index contributed by atoms with van der Waals surface area (Å²) in [6.07, 6.45) is 1.52. The van der Waals surface area contributed by atoms with Crippen LogP contribution >= 0.6 is 0 Å². The first-order valence-corrected chi connectivity index (χ1v) is 12.1. The minimum absolute atomic E-state index is 0.00716. The molecule has 8 heteroatoms. The molecule has 0 bridgehead atoms. The van der Waals surface area contributed by atoms with E-state index in [9.17, 15) is 4.21 Å². The van der Waals surface area contributed by atoms with Crippen LogP contribution in [0.15, 0.2) is 11.1 Å². The molecule has 22 heavy (non-hydrogen) atoms. The highest BCUT2D eigenvalue weighted by Crippen LogP contribution is 2.37. The van der Waals surface area contributed by atoms with Gasteiger partial charge >= 0.3 is 0 Å². The van der Waals surface area contributed by atoms with Crippen LogP contribution in [0.5, 0.6) is 5.88 Å². The Morgan fingerprint density at radius 1 is 1.45 bits per heavy atom. The van der Waals surface area contributed by atoms with Crippen LogP contribution in [0.3, 0.4) is 0 Å². The standard InChI is InChI=1S/C14H28N4O2SSi/c1-13(2,3)22(6,7)17-21(15,19)11-8-16-18-9-14(4,5)10-20-12(11)18/h8H,9-10H2,1-7H3,(H2,15,17,19). The lowest BCUT2D eigenvalue weighted by Gasteiger charge is -2.37. The molecule has 6 nitrogen and oxygen atoms in total. The summed E-state index contributed by atoms with van der Waals surface area (Å²) in [4.78, 5) is 0.368. The molecule has 0 radical (unpaired) electrons. The minimum atomic E-state index is -3.13. The van der Waals surface area contributed by atoms with Crippen LogP contribution in [-0.2, 0) is 16.5 Å². The SMILES string of the molecule is CC1(C)COc2c(S(=N)(=O)N[Si](C)(C)C(C)(C)C)cnn2C1. The quantitative estimate of drug-likeness (QED) is 0.826. The average molecular weight is 345 g/mol. The fourth-order valence-electron chi connectivity index (χ4n) is 2.09. The Balaban J connectivity index is 2.35. The van der Waals surface area contributed by atoms with Crippen molar-refractivity contribution in [3.05, 3.63) is 6.20 Å². The molecule has 1 aromatic rings. The Morgan fingerprint density at radius 2 is 2.05 bits per heavy atom. The van der Waals surface area contributed by atoms with E-state index in [4.69, 9.17) is 9.52 Å². The molecule has 1 aliphatic rings. The average Bonchev–Trinajstić information content (AvgIpc) is 2.67. The maximum atomic E-state index is 13.0. The number of fused-ring (bicyclic) bond motifs is 1. The Kier molecular flexibility index (Phi) is 4.03. The van der Waals surface area contributed by atoms with Crippen molar-refractivity contribution in [1.29, 1.82) is 4.78 Å². The molecule has 1 atom stereocenters. The summed E-state index contributed by atoms with van der Waals surface area (Å²) >= 11 is 0. The van der Waals surface area contributed by atoms with Crippen LogP contribution in [-0.4, -0.2) is 28.8 Å². The van der Waals surface area contributed by atoms with Crippen molar-refractivity contribution >= 4 is 18.2 Å². The molecule has 1 aromatic heterocycles. The van der Waals surface area contributed by atoms with Gasteiger partial charge in [-0.15, -0.1) is 0 Å². The van der Waals surface area contributed by atoms with Crippen molar-refractivity contribution in [3.8, 4) is 5.88 Å². The van der Waals surface area contributed by atoms with E-state index in [1.54, 1.807) is 4.68 Å². The highest BCUT2D eigenvalue weighted by Gasteiger charge is 2.40. The molecule has 0 amide bonds. The Morgan fingerprint density at radius 3 is 2.59 bits per heavy atom. The Hall–Kier alpha value is -0.863. The lowest BCUT2D eigenvalue weighted by molar-refractivity contribution is 0.0971. The normalized spacial score (nSPS) is 20.9. The predicted molar refractivity (Wildman–Crippen MR) is 91.0 cm³/mol. The van der Waals surface area contributed by atoms with Crippen LogP contribution in [0, 0.1) is 10.2 Å². The summed E-state index contributed by atoms with van der Waals surface area (Å²) < 4.78 is 32.0. The van der Waals surface area contributed by atoms with Gasteiger partial charge in [-0.05, 0) is 5.04 Å². The number of hydrogen-bond acceptors (Lipinski definition) is 4. The summed E-state index contributed by atoms with van der Waals surface area (Å²) in [6.45, 7) is 16.0. The van der Waals surface area contributed by atoms with E-state index in [2.05, 4.69) is 57.2 Å². The second-order valence-electron chi connectivity index (χ2n) is 8.46. The van der Waals surface area contributed by atoms with Crippen molar-refractivity contribution < 1.29 is 8.95 Å². The molecule has 2 N–H and O–H groups in total. The molecule has 0 saturated carbocycles. The first-order chi connectivity index (χ1) is 9.75. The van der Waals surface area contributed by atoms with Gasteiger partial charge in [0.25, 0.3) is 0 Å². The molecule has 1 unspecified atom stereocenters. The lowest BCUT2D eigenvalue weighted by Crippen LogP contribution is -2.54. The van der Waals surface area contributed by atoms with E-state index >= 15 is 0 Å². The largest absolute Gasteiger partial charge is 0.476 e. The Bertz CT molecular complexity index is 672. The lowest BCUT2D eigenvalue weighted by atomic mass is 9.94. The van der Waals surface area contributed by atoms with Crippen LogP contribution in [0.2, 0.25) is 18.1 Å². The second kappa shape index (κ2) is 5.07. The number of nitrogens with zero attached hydrogens (tertiary/aromatic N) is 2. The van der Waals surface area contributed by atoms with E-state index in [0.717, 1.165) is 0 Å². The molecule has 0 fully saturated rings. The number of rotatable bonds is 3. The number of aromatic nitrogens is 2. The molecule has 0 spiro atoms. The number of hydrogen-bond donors (Lipinski definition) is 2. The maximum absolute atomic E-state index is 13.0. The van der Waals surface area contributed by atoms with E-state index < -0.39 is 18.2 Å². The monoisotopic (exact) mass is 344 g/mol. The zero-order chi connectivity index (χ0) is 17.0. The zero-order valence-corrected chi connectivity index (χ0v) is 16.4. The maximum Gasteiger partial charge on any atom is 0.230 e. The molecule has 0 aliphatic carbocycles. The van der Waals surface area contributed by atoms with Gasteiger partial charge in [-0.1, -0.05) is 47.7 Å². The van der Waals surface area contributed by atoms with Gasteiger partial charge in [0.1, 0.15) is 23.0 Å². The molecule has 126 valence electrons. The van der Waals surface area contributed by atoms with Crippen molar-refractivity contribution in [2.75, 3.05) is 6.61 Å². The fourth-order valence-corrected chi connectivity index (χ4v) is 7.24. The van der Waals surface area contributed by atoms with Crippen molar-refractivity contribution in [2.45, 2.75) is 64.2 Å². The fraction of sp³-hybridized carbons (Fsp3) is 0.786. The highest BCUT2D eigenvalue weighted by molar-refractivity contribution is 7.92. The second-order valence-corrected chi connectivity index (χ2v) is 15.6. The molecule has 0 saturated heterocycles. The first kappa shape index (κ1) is 17.5. The molecular weight excluding hydrogens is 316 g/mol. The first-order valence-electron chi connectivity index (χ1n) is 7.52. The van der Waals surface area contributed by atoms with E-state index in [-0.39, 0.29) is 10.5 Å². The minimum Gasteiger partial charge on any atom is -0.476 e. The third-order valence-electron chi connectivity index (χ3n) is 4.52. The van der Waals surface area contributed by atoms with Crippen molar-refractivity contribution in [1.82, 2.24) is 14.2 Å². The molecule has 2 heterocycles. The summed E-state index contributed by atoms with van der Waals surface area (Å²) in [5.74, 6) is 0.477. The third-order valence-corrected chi connectivity index (χ3v) is 12.4. The summed E-state index contributed by atoms with van der Waals surface area (Å²) in [5, 5.41) is 4.27. The molecule has 2 rings (SSSR count). The van der Waals surface area contributed by atoms with Crippen molar-refractivity contribution in [3.63, 3.8) is 0 Å². The van der Waals surface area contributed by atoms with Gasteiger partial charge in [0.05, 0.1) is 19.3 Å². The van der Waals surface area contributed by atoms with E-state index in [1.807, 2.05) is 0 Å². The van der Waals surface area contributed by atoms with Crippen molar-refractivity contribution in [2.24, 2.45) is 5.41 Å². The summed E-state index contributed by atoms with van der Waals surface area (Å²) in [7, 11) is -5.21. The van der Waals surface area contributed by atoms with Gasteiger partial charge in [0.2, 0.25) is 5.88 Å². The zero-order valence-electron chi connectivity index (χ0n) is 14.6. The van der Waals surface area contributed by atoms with Gasteiger partial charge in [0, 0.05) is 5.41 Å². The van der Waals surface area contributed by atoms with Gasteiger partial charge < -0.3 is 4.74 Å². The van der Waals surface area contributed by atoms with Crippen LogP contribution < -0.4 is 9.12 Å². The molecule has 1 aliphatic heterocycles. The Labute approximate surface area is 134 Å². The van der Waals surface area contributed by atoms with Crippen LogP contribution in [0.1, 0.15) is 34.6 Å². The molecular formula is C14H28N4O2SSi. The van der Waals surface area contributed by atoms with Crippen LogP contribution in [0.4, 0.5) is 0 Å². The summed E-state index contributed by atoms with van der Waals surface area (Å²) in [6, 6.07) is 0. The summed E-state index contributed by atoms with van der Waals surface area (Å²) in [5.41, 5.74) is -0.00788.